The maximum absolute atomic E-state index is 5.49. The van der Waals surface area contributed by atoms with Gasteiger partial charge < -0.3 is 0 Å². The molecule has 8 heterocycles. The Labute approximate surface area is 722 Å². The number of hydrogen-bond acceptors (Lipinski definition) is 10. The molecule has 0 fully saturated rings. The van der Waals surface area contributed by atoms with E-state index < -0.39 is 0 Å². The zero-order chi connectivity index (χ0) is 82.0. The molecule has 24 aromatic rings. The molecular weight excluding hydrogens is 1550 g/mol. The summed E-state index contributed by atoms with van der Waals surface area (Å²) in [6.07, 6.45) is 4.01. The van der Waals surface area contributed by atoms with Crippen molar-refractivity contribution in [1.82, 2.24) is 49.0 Å². The van der Waals surface area contributed by atoms with Crippen LogP contribution in [0.15, 0.2) is 425 Å². The number of pyridine rings is 2. The first-order valence-electron chi connectivity index (χ1n) is 41.4. The Balaban J connectivity index is 0.000000143. The Morgan fingerprint density at radius 3 is 0.952 bits per heavy atom. The molecule has 0 aliphatic heterocycles. The van der Waals surface area contributed by atoms with Gasteiger partial charge in [0.25, 0.3) is 0 Å². The van der Waals surface area contributed by atoms with Gasteiger partial charge in [-0.1, -0.05) is 352 Å². The SMILES string of the molecule is c1ccc(-c2nc(-c3ccccc3)nc(-c3cc(-c4ccc(-c5ccccc5)c(-c5ccccc5)c4)cnc3-n3c4ccccc4c4cc5c(cc43)sc3ccccc35)n2)cc1.c1ccc(-c2nc(-c3ccccc3)nc(-c3cc(-c4ccc(-c5ccccc5)c(-c5ccccc5)c4)cnc3-n3c4ccccc4c4ccc5c6ccccc6sc5c43)n2)cc1. The summed E-state index contributed by atoms with van der Waals surface area (Å²) in [6, 6.07) is 145. The molecule has 24 rings (SSSR count). The van der Waals surface area contributed by atoms with Crippen molar-refractivity contribution in [3.05, 3.63) is 425 Å². The first kappa shape index (κ1) is 73.1. The number of nitrogens with zero attached hydrogens (tertiary/aromatic N) is 10. The van der Waals surface area contributed by atoms with Crippen molar-refractivity contribution in [2.24, 2.45) is 0 Å². The first-order valence-corrected chi connectivity index (χ1v) is 43.1. The number of fused-ring (bicyclic) bond motifs is 13. The number of hydrogen-bond donors (Lipinski definition) is 0. The fourth-order valence-electron chi connectivity index (χ4n) is 17.5. The van der Waals surface area contributed by atoms with Gasteiger partial charge in [-0.3, -0.25) is 9.13 Å². The van der Waals surface area contributed by atoms with Crippen molar-refractivity contribution in [3.63, 3.8) is 0 Å². The van der Waals surface area contributed by atoms with E-state index >= 15 is 0 Å². The minimum Gasteiger partial charge on any atom is -0.293 e. The zero-order valence-electron chi connectivity index (χ0n) is 66.7. The van der Waals surface area contributed by atoms with Crippen LogP contribution in [-0.4, -0.2) is 49.0 Å². The Hall–Kier alpha value is -16.1. The third kappa shape index (κ3) is 13.2. The molecule has 10 nitrogen and oxygen atoms in total. The predicted octanol–water partition coefficient (Wildman–Crippen LogP) is 29.5. The Kier molecular flexibility index (Phi) is 18.4. The third-order valence-electron chi connectivity index (χ3n) is 23.4. The van der Waals surface area contributed by atoms with Gasteiger partial charge in [-0.2, -0.15) is 0 Å². The summed E-state index contributed by atoms with van der Waals surface area (Å²) in [6.45, 7) is 0. The highest BCUT2D eigenvalue weighted by atomic mass is 32.1. The minimum atomic E-state index is 0.542. The van der Waals surface area contributed by atoms with Crippen molar-refractivity contribution < 1.29 is 0 Å². The molecule has 16 aromatic carbocycles. The molecule has 580 valence electrons. The van der Waals surface area contributed by atoms with E-state index in [4.69, 9.17) is 39.9 Å². The van der Waals surface area contributed by atoms with Crippen LogP contribution >= 0.6 is 22.7 Å². The summed E-state index contributed by atoms with van der Waals surface area (Å²) >= 11 is 3.65. The number of aromatic nitrogens is 10. The predicted molar refractivity (Wildman–Crippen MR) is 515 cm³/mol. The summed E-state index contributed by atoms with van der Waals surface area (Å²) in [4.78, 5) is 42.3. The lowest BCUT2D eigenvalue weighted by molar-refractivity contribution is 1.04. The highest BCUT2D eigenvalue weighted by Crippen LogP contribution is 2.48. The normalized spacial score (nSPS) is 11.5. The molecule has 124 heavy (non-hydrogen) atoms. The summed E-state index contributed by atoms with van der Waals surface area (Å²) < 4.78 is 9.60. The Bertz CT molecular complexity index is 8090. The van der Waals surface area contributed by atoms with Crippen LogP contribution in [0, 0.1) is 0 Å². The first-order chi connectivity index (χ1) is 61.5. The topological polar surface area (TPSA) is 113 Å². The van der Waals surface area contributed by atoms with Crippen LogP contribution in [0.5, 0.6) is 0 Å². The lowest BCUT2D eigenvalue weighted by atomic mass is 9.91. The average Bonchev–Trinajstić information content (AvgIpc) is 1.56. The second-order valence-electron chi connectivity index (χ2n) is 30.9. The van der Waals surface area contributed by atoms with E-state index in [1.807, 2.05) is 156 Å². The van der Waals surface area contributed by atoms with Crippen molar-refractivity contribution in [2.45, 2.75) is 0 Å². The fraction of sp³-hybridized carbons (Fsp3) is 0. The molecule has 0 N–H and O–H groups in total. The summed E-state index contributed by atoms with van der Waals surface area (Å²) in [5.74, 6) is 4.96. The highest BCUT2D eigenvalue weighted by Gasteiger charge is 2.28. The molecule has 0 aliphatic carbocycles. The Morgan fingerprint density at radius 1 is 0.177 bits per heavy atom. The van der Waals surface area contributed by atoms with Gasteiger partial charge in [0.2, 0.25) is 0 Å². The molecular formula is C112H70N10S2. The van der Waals surface area contributed by atoms with E-state index in [-0.39, 0.29) is 0 Å². The van der Waals surface area contributed by atoms with Crippen LogP contribution < -0.4 is 0 Å². The maximum Gasteiger partial charge on any atom is 0.167 e. The maximum atomic E-state index is 5.49. The van der Waals surface area contributed by atoms with E-state index in [9.17, 15) is 0 Å². The van der Waals surface area contributed by atoms with Crippen LogP contribution in [0.2, 0.25) is 0 Å². The van der Waals surface area contributed by atoms with Crippen LogP contribution in [0.3, 0.4) is 0 Å². The smallest absolute Gasteiger partial charge is 0.167 e. The second-order valence-corrected chi connectivity index (χ2v) is 33.0. The molecule has 12 heteroatoms. The van der Waals surface area contributed by atoms with E-state index in [1.165, 1.54) is 67.8 Å². The molecule has 0 saturated heterocycles. The van der Waals surface area contributed by atoms with Gasteiger partial charge in [0.1, 0.15) is 11.6 Å². The zero-order valence-corrected chi connectivity index (χ0v) is 68.3. The molecule has 0 unspecified atom stereocenters. The average molecular weight is 1620 g/mol. The van der Waals surface area contributed by atoms with Crippen LogP contribution in [0.1, 0.15) is 0 Å². The number of thiophene rings is 2. The monoisotopic (exact) mass is 1620 g/mol. The van der Waals surface area contributed by atoms with Gasteiger partial charge in [-0.15, -0.1) is 22.7 Å². The second kappa shape index (κ2) is 31.2. The summed E-state index contributed by atoms with van der Waals surface area (Å²) in [5, 5.41) is 9.67. The third-order valence-corrected chi connectivity index (χ3v) is 25.8. The van der Waals surface area contributed by atoms with Crippen LogP contribution in [0.25, 0.3) is 231 Å². The molecule has 0 atom stereocenters. The summed E-state index contributed by atoms with van der Waals surface area (Å²) in [7, 11) is 0. The standard InChI is InChI=1S/2C56H35N5S/c1-5-17-36(18-6-1)42-30-29-40(31-45(42)37-19-7-2-8-20-37)41-32-48(55-59-53(38-21-9-3-10-22-38)58-54(60-55)39-23-11-4-12-24-39)56(57-35-41)61-49-27-15-13-25-43(49)46-33-47-44-26-14-16-28-51(44)62-52(47)34-50(46)61;1-5-17-36(18-6-1)42-30-29-40(33-47(42)37-19-7-2-8-20-37)41-34-48(55-59-53(38-21-9-3-10-22-38)58-54(60-55)39-23-11-4-12-24-39)56(57-35-41)61-49-27-15-13-25-43(49)45-31-32-46-44-26-14-16-28-50(44)62-52(46)51(45)61/h2*1-35H. The highest BCUT2D eigenvalue weighted by molar-refractivity contribution is 7.27. The van der Waals surface area contributed by atoms with Crippen molar-refractivity contribution >= 4 is 107 Å². The molecule has 8 aromatic heterocycles. The van der Waals surface area contributed by atoms with Gasteiger partial charge in [0.15, 0.2) is 34.9 Å². The fourth-order valence-corrected chi connectivity index (χ4v) is 19.9. The Morgan fingerprint density at radius 2 is 0.508 bits per heavy atom. The quantitative estimate of drug-likeness (QED) is 0.106. The van der Waals surface area contributed by atoms with E-state index in [1.54, 1.807) is 0 Å². The lowest BCUT2D eigenvalue weighted by Gasteiger charge is -2.17. The van der Waals surface area contributed by atoms with E-state index in [0.717, 1.165) is 128 Å². The van der Waals surface area contributed by atoms with Gasteiger partial charge >= 0.3 is 0 Å². The molecule has 0 bridgehead atoms. The van der Waals surface area contributed by atoms with Crippen LogP contribution in [-0.2, 0) is 0 Å². The number of rotatable bonds is 14. The summed E-state index contributed by atoms with van der Waals surface area (Å²) in [5.41, 5.74) is 22.8. The minimum absolute atomic E-state index is 0.542. The van der Waals surface area contributed by atoms with Crippen molar-refractivity contribution in [3.8, 4) is 147 Å². The molecule has 0 saturated carbocycles. The van der Waals surface area contributed by atoms with Gasteiger partial charge in [0.05, 0.1) is 37.9 Å². The van der Waals surface area contributed by atoms with Crippen molar-refractivity contribution in [2.75, 3.05) is 0 Å². The number of benzene rings is 16. The van der Waals surface area contributed by atoms with Gasteiger partial charge in [0, 0.05) is 103 Å². The van der Waals surface area contributed by atoms with Gasteiger partial charge in [-0.25, -0.2) is 39.9 Å². The largest absolute Gasteiger partial charge is 0.293 e. The number of para-hydroxylation sites is 2. The lowest BCUT2D eigenvalue weighted by Crippen LogP contribution is -2.06. The molecule has 0 spiro atoms. The van der Waals surface area contributed by atoms with Gasteiger partial charge in [-0.05, 0) is 116 Å². The van der Waals surface area contributed by atoms with Crippen molar-refractivity contribution in [1.29, 1.82) is 0 Å². The van der Waals surface area contributed by atoms with E-state index in [0.29, 0.717) is 34.9 Å². The molecule has 0 radical (unpaired) electrons. The molecule has 0 aliphatic rings. The van der Waals surface area contributed by atoms with Crippen LogP contribution in [0.4, 0.5) is 0 Å². The van der Waals surface area contributed by atoms with E-state index in [2.05, 4.69) is 300 Å². The molecule has 0 amide bonds.